The lowest BCUT2D eigenvalue weighted by Gasteiger charge is -2.19. The van der Waals surface area contributed by atoms with E-state index in [4.69, 9.17) is 10.3 Å². The Morgan fingerprint density at radius 3 is 3.06 bits per heavy atom. The van der Waals surface area contributed by atoms with Crippen molar-refractivity contribution in [3.8, 4) is 0 Å². The fraction of sp³-hybridized carbons (Fsp3) is 0.538. The fourth-order valence-corrected chi connectivity index (χ4v) is 3.37. The predicted octanol–water partition coefficient (Wildman–Crippen LogP) is 2.79. The van der Waals surface area contributed by atoms with Gasteiger partial charge in [-0.1, -0.05) is 5.16 Å². The smallest absolute Gasteiger partial charge is 0.234 e. The van der Waals surface area contributed by atoms with E-state index in [1.54, 1.807) is 0 Å². The first-order chi connectivity index (χ1) is 8.55. The van der Waals surface area contributed by atoms with Crippen molar-refractivity contribution in [2.24, 2.45) is 5.73 Å². The lowest BCUT2D eigenvalue weighted by Crippen LogP contribution is -2.30. The molecule has 1 aliphatic carbocycles. The minimum absolute atomic E-state index is 0.253. The minimum Gasteiger partial charge on any atom is -0.339 e. The van der Waals surface area contributed by atoms with Crippen molar-refractivity contribution < 1.29 is 4.52 Å². The van der Waals surface area contributed by atoms with Gasteiger partial charge in [0, 0.05) is 4.88 Å². The Labute approximate surface area is 110 Å². The van der Waals surface area contributed by atoms with E-state index in [9.17, 15) is 0 Å². The maximum absolute atomic E-state index is 5.99. The molecule has 0 saturated carbocycles. The molecule has 18 heavy (non-hydrogen) atoms. The highest BCUT2D eigenvalue weighted by Crippen LogP contribution is 2.38. The second-order valence-electron chi connectivity index (χ2n) is 5.42. The lowest BCUT2D eigenvalue weighted by atomic mass is 9.88. The van der Waals surface area contributed by atoms with Crippen molar-refractivity contribution in [3.05, 3.63) is 33.6 Å². The van der Waals surface area contributed by atoms with Crippen molar-refractivity contribution in [2.45, 2.75) is 44.6 Å². The third-order valence-electron chi connectivity index (χ3n) is 3.37. The number of nitrogens with two attached hydrogens (primary N) is 1. The first kappa shape index (κ1) is 11.9. The van der Waals surface area contributed by atoms with E-state index in [-0.39, 0.29) is 5.92 Å². The van der Waals surface area contributed by atoms with Crippen LogP contribution in [0.25, 0.3) is 0 Å². The van der Waals surface area contributed by atoms with Gasteiger partial charge in [-0.25, -0.2) is 0 Å². The number of hydrogen-bond donors (Lipinski definition) is 1. The summed E-state index contributed by atoms with van der Waals surface area (Å²) in [4.78, 5) is 5.94. The third kappa shape index (κ3) is 1.97. The van der Waals surface area contributed by atoms with Crippen LogP contribution in [-0.2, 0) is 12.0 Å². The average molecular weight is 263 g/mol. The van der Waals surface area contributed by atoms with E-state index in [1.165, 1.54) is 23.3 Å². The topological polar surface area (TPSA) is 64.9 Å². The van der Waals surface area contributed by atoms with E-state index < -0.39 is 5.54 Å². The zero-order valence-electron chi connectivity index (χ0n) is 10.6. The van der Waals surface area contributed by atoms with Crippen LogP contribution < -0.4 is 5.73 Å². The van der Waals surface area contributed by atoms with Crippen LogP contribution in [0.1, 0.15) is 54.8 Å². The number of aromatic nitrogens is 2. The molecule has 1 unspecified atom stereocenters. The van der Waals surface area contributed by atoms with Gasteiger partial charge in [0.15, 0.2) is 5.82 Å². The molecule has 1 aliphatic rings. The molecule has 0 radical (unpaired) electrons. The Hall–Kier alpha value is -1.20. The standard InChI is InChI=1S/C13H17N3OS/c1-13(2,14)12-15-11(17-16-12)9-4-3-5-10-8(9)6-7-18-10/h6-7,9H,3-5,14H2,1-2H3. The molecule has 0 amide bonds. The first-order valence-corrected chi connectivity index (χ1v) is 7.13. The lowest BCUT2D eigenvalue weighted by molar-refractivity contribution is 0.342. The van der Waals surface area contributed by atoms with E-state index in [2.05, 4.69) is 21.6 Å². The van der Waals surface area contributed by atoms with Gasteiger partial charge in [0.25, 0.3) is 0 Å². The zero-order valence-corrected chi connectivity index (χ0v) is 11.5. The maximum Gasteiger partial charge on any atom is 0.234 e. The van der Waals surface area contributed by atoms with Gasteiger partial charge in [-0.2, -0.15) is 4.98 Å². The largest absolute Gasteiger partial charge is 0.339 e. The summed E-state index contributed by atoms with van der Waals surface area (Å²) in [5.41, 5.74) is 6.80. The summed E-state index contributed by atoms with van der Waals surface area (Å²) in [6.45, 7) is 3.77. The van der Waals surface area contributed by atoms with E-state index in [1.807, 2.05) is 25.2 Å². The van der Waals surface area contributed by atoms with Crippen LogP contribution in [0.4, 0.5) is 0 Å². The maximum atomic E-state index is 5.99. The summed E-state index contributed by atoms with van der Waals surface area (Å²) in [7, 11) is 0. The van der Waals surface area contributed by atoms with Crippen LogP contribution in [0.15, 0.2) is 16.0 Å². The van der Waals surface area contributed by atoms with Crippen LogP contribution in [-0.4, -0.2) is 10.1 Å². The van der Waals surface area contributed by atoms with Gasteiger partial charge in [-0.15, -0.1) is 11.3 Å². The molecular formula is C13H17N3OS. The van der Waals surface area contributed by atoms with Crippen molar-refractivity contribution >= 4 is 11.3 Å². The molecule has 0 aromatic carbocycles. The van der Waals surface area contributed by atoms with E-state index >= 15 is 0 Å². The highest BCUT2D eigenvalue weighted by atomic mass is 32.1. The second kappa shape index (κ2) is 4.17. The number of thiophene rings is 1. The Morgan fingerprint density at radius 1 is 1.50 bits per heavy atom. The summed E-state index contributed by atoms with van der Waals surface area (Å²) in [5, 5.41) is 6.16. The van der Waals surface area contributed by atoms with Crippen LogP contribution in [0.5, 0.6) is 0 Å². The molecule has 0 spiro atoms. The highest BCUT2D eigenvalue weighted by Gasteiger charge is 2.29. The predicted molar refractivity (Wildman–Crippen MR) is 70.6 cm³/mol. The number of hydrogen-bond acceptors (Lipinski definition) is 5. The number of fused-ring (bicyclic) bond motifs is 1. The Morgan fingerprint density at radius 2 is 2.33 bits per heavy atom. The van der Waals surface area contributed by atoms with Crippen LogP contribution >= 0.6 is 11.3 Å². The molecule has 0 bridgehead atoms. The molecular weight excluding hydrogens is 246 g/mol. The SMILES string of the molecule is CC(C)(N)c1noc(C2CCCc3sccc32)n1. The number of rotatable bonds is 2. The normalized spacial score (nSPS) is 19.8. The third-order valence-corrected chi connectivity index (χ3v) is 4.36. The van der Waals surface area contributed by atoms with Gasteiger partial charge in [-0.3, -0.25) is 0 Å². The summed E-state index contributed by atoms with van der Waals surface area (Å²) in [6.07, 6.45) is 3.44. The van der Waals surface area contributed by atoms with Crippen molar-refractivity contribution in [2.75, 3.05) is 0 Å². The summed E-state index contributed by atoms with van der Waals surface area (Å²) in [6, 6.07) is 2.18. The monoisotopic (exact) mass is 263 g/mol. The number of aryl methyl sites for hydroxylation is 1. The average Bonchev–Trinajstić information content (AvgIpc) is 2.96. The molecule has 0 aliphatic heterocycles. The highest BCUT2D eigenvalue weighted by molar-refractivity contribution is 7.10. The first-order valence-electron chi connectivity index (χ1n) is 6.25. The molecule has 0 fully saturated rings. The molecule has 2 aromatic heterocycles. The Kier molecular flexibility index (Phi) is 2.75. The van der Waals surface area contributed by atoms with Crippen LogP contribution in [0.3, 0.4) is 0 Å². The Balaban J connectivity index is 1.96. The zero-order chi connectivity index (χ0) is 12.8. The van der Waals surface area contributed by atoms with Crippen LogP contribution in [0.2, 0.25) is 0 Å². The van der Waals surface area contributed by atoms with E-state index in [0.717, 1.165) is 6.42 Å². The van der Waals surface area contributed by atoms with Gasteiger partial charge in [0.1, 0.15) is 0 Å². The van der Waals surface area contributed by atoms with Crippen LogP contribution in [0, 0.1) is 0 Å². The molecule has 96 valence electrons. The summed E-state index contributed by atoms with van der Waals surface area (Å²) < 4.78 is 5.42. The van der Waals surface area contributed by atoms with Gasteiger partial charge < -0.3 is 10.3 Å². The molecule has 3 rings (SSSR count). The number of nitrogens with zero attached hydrogens (tertiary/aromatic N) is 2. The Bertz CT molecular complexity index is 553. The summed E-state index contributed by atoms with van der Waals surface area (Å²) >= 11 is 1.82. The molecule has 4 nitrogen and oxygen atoms in total. The second-order valence-corrected chi connectivity index (χ2v) is 6.42. The van der Waals surface area contributed by atoms with Gasteiger partial charge in [-0.05, 0) is 50.1 Å². The van der Waals surface area contributed by atoms with Gasteiger partial charge >= 0.3 is 0 Å². The molecule has 2 heterocycles. The molecule has 1 atom stereocenters. The molecule has 2 aromatic rings. The quantitative estimate of drug-likeness (QED) is 0.904. The van der Waals surface area contributed by atoms with Crippen molar-refractivity contribution in [1.29, 1.82) is 0 Å². The van der Waals surface area contributed by atoms with Gasteiger partial charge in [0.05, 0.1) is 11.5 Å². The van der Waals surface area contributed by atoms with Crippen molar-refractivity contribution in [3.63, 3.8) is 0 Å². The fourth-order valence-electron chi connectivity index (χ4n) is 2.38. The van der Waals surface area contributed by atoms with Gasteiger partial charge in [0.2, 0.25) is 5.89 Å². The summed E-state index contributed by atoms with van der Waals surface area (Å²) in [5.74, 6) is 1.55. The molecule has 0 saturated heterocycles. The van der Waals surface area contributed by atoms with E-state index in [0.29, 0.717) is 11.7 Å². The molecule has 5 heteroatoms. The van der Waals surface area contributed by atoms with Crippen molar-refractivity contribution in [1.82, 2.24) is 10.1 Å². The minimum atomic E-state index is -0.548. The molecule has 2 N–H and O–H groups in total.